The summed E-state index contributed by atoms with van der Waals surface area (Å²) < 4.78 is 0.987. The summed E-state index contributed by atoms with van der Waals surface area (Å²) in [7, 11) is 0. The molecule has 1 aliphatic heterocycles. The highest BCUT2D eigenvalue weighted by molar-refractivity contribution is 9.10. The van der Waals surface area contributed by atoms with Crippen LogP contribution < -0.4 is 5.32 Å². The van der Waals surface area contributed by atoms with Gasteiger partial charge in [-0.2, -0.15) is 0 Å². The van der Waals surface area contributed by atoms with E-state index in [0.29, 0.717) is 0 Å². The molecule has 1 N–H and O–H groups in total. The molecule has 0 radical (unpaired) electrons. The lowest BCUT2D eigenvalue weighted by atomic mass is 9.87. The van der Waals surface area contributed by atoms with Crippen LogP contribution in [0.25, 0.3) is 0 Å². The minimum atomic E-state index is -0.261. The van der Waals surface area contributed by atoms with Gasteiger partial charge in [0.05, 0.1) is 11.8 Å². The first-order valence-corrected chi connectivity index (χ1v) is 6.51. The lowest BCUT2D eigenvalue weighted by Crippen LogP contribution is -2.33. The molecule has 4 heteroatoms. The Hall–Kier alpha value is -1.16. The van der Waals surface area contributed by atoms with E-state index in [4.69, 9.17) is 0 Å². The van der Waals surface area contributed by atoms with Gasteiger partial charge in [-0.15, -0.1) is 0 Å². The third-order valence-corrected chi connectivity index (χ3v) is 4.59. The minimum absolute atomic E-state index is 0.109. The van der Waals surface area contributed by atoms with Crippen LogP contribution in [0.15, 0.2) is 28.7 Å². The fourth-order valence-electron chi connectivity index (χ4n) is 3.27. The van der Waals surface area contributed by atoms with E-state index >= 15 is 0 Å². The van der Waals surface area contributed by atoms with Crippen molar-refractivity contribution in [1.29, 1.82) is 0 Å². The maximum atomic E-state index is 11.7. The van der Waals surface area contributed by atoms with Crippen molar-refractivity contribution in [3.05, 3.63) is 34.3 Å². The second-order valence-corrected chi connectivity index (χ2v) is 5.63. The first-order chi connectivity index (χ1) is 8.11. The van der Waals surface area contributed by atoms with Crippen LogP contribution in [0.2, 0.25) is 0 Å². The van der Waals surface area contributed by atoms with Gasteiger partial charge >= 0.3 is 0 Å². The smallest absolute Gasteiger partial charge is 0.231 e. The highest BCUT2D eigenvalue weighted by Gasteiger charge is 2.74. The predicted octanol–water partition coefficient (Wildman–Crippen LogP) is 2.00. The number of imide groups is 1. The van der Waals surface area contributed by atoms with E-state index < -0.39 is 0 Å². The van der Waals surface area contributed by atoms with Crippen molar-refractivity contribution in [2.75, 3.05) is 0 Å². The predicted molar refractivity (Wildman–Crippen MR) is 66.2 cm³/mol. The molecule has 3 rings (SSSR count). The Labute approximate surface area is 108 Å². The third kappa shape index (κ3) is 1.27. The summed E-state index contributed by atoms with van der Waals surface area (Å²) in [6, 6.07) is 7.93. The van der Waals surface area contributed by atoms with E-state index in [-0.39, 0.29) is 29.1 Å². The van der Waals surface area contributed by atoms with Gasteiger partial charge in [-0.3, -0.25) is 14.9 Å². The van der Waals surface area contributed by atoms with Crippen LogP contribution in [0.4, 0.5) is 0 Å². The van der Waals surface area contributed by atoms with Crippen LogP contribution in [-0.4, -0.2) is 11.8 Å². The number of rotatable bonds is 2. The largest absolute Gasteiger partial charge is 0.296 e. The van der Waals surface area contributed by atoms with E-state index in [0.717, 1.165) is 16.5 Å². The zero-order valence-electron chi connectivity index (χ0n) is 9.37. The fourth-order valence-corrected chi connectivity index (χ4v) is 3.67. The molecule has 1 saturated carbocycles. The summed E-state index contributed by atoms with van der Waals surface area (Å²) in [6.07, 6.45) is 0.817. The number of piperidine rings is 1. The third-order valence-electron chi connectivity index (χ3n) is 4.09. The number of hydrogen-bond acceptors (Lipinski definition) is 2. The molecule has 2 aliphatic rings. The number of benzene rings is 1. The maximum absolute atomic E-state index is 11.7. The molecule has 1 aromatic rings. The van der Waals surface area contributed by atoms with Gasteiger partial charge in [0, 0.05) is 9.89 Å². The van der Waals surface area contributed by atoms with Crippen LogP contribution in [0.3, 0.4) is 0 Å². The van der Waals surface area contributed by atoms with Crippen molar-refractivity contribution in [2.45, 2.75) is 18.8 Å². The topological polar surface area (TPSA) is 46.2 Å². The number of carbonyl (C=O) groups excluding carboxylic acids is 2. The summed E-state index contributed by atoms with van der Waals surface area (Å²) in [5, 5.41) is 2.40. The highest BCUT2D eigenvalue weighted by atomic mass is 79.9. The summed E-state index contributed by atoms with van der Waals surface area (Å²) in [6.45, 7) is 2.04. The Morgan fingerprint density at radius 1 is 1.29 bits per heavy atom. The van der Waals surface area contributed by atoms with Crippen molar-refractivity contribution >= 4 is 27.7 Å². The number of carbonyl (C=O) groups is 2. The quantitative estimate of drug-likeness (QED) is 0.848. The van der Waals surface area contributed by atoms with Crippen LogP contribution in [0.5, 0.6) is 0 Å². The summed E-state index contributed by atoms with van der Waals surface area (Å²) >= 11 is 3.44. The van der Waals surface area contributed by atoms with Gasteiger partial charge < -0.3 is 0 Å². The van der Waals surface area contributed by atoms with E-state index in [9.17, 15) is 9.59 Å². The molecule has 0 spiro atoms. The van der Waals surface area contributed by atoms with Gasteiger partial charge in [0.15, 0.2) is 0 Å². The molecule has 1 aromatic carbocycles. The first kappa shape index (κ1) is 11.0. The summed E-state index contributed by atoms with van der Waals surface area (Å²) in [5.41, 5.74) is 0.830. The fraction of sp³-hybridized carbons (Fsp3) is 0.385. The second-order valence-electron chi connectivity index (χ2n) is 4.71. The average molecular weight is 294 g/mol. The van der Waals surface area contributed by atoms with Crippen molar-refractivity contribution in [2.24, 2.45) is 11.8 Å². The number of nitrogens with one attached hydrogen (secondary N) is 1. The van der Waals surface area contributed by atoms with Gasteiger partial charge in [0.1, 0.15) is 0 Å². The molecule has 0 aromatic heterocycles. The van der Waals surface area contributed by atoms with Crippen LogP contribution in [-0.2, 0) is 15.0 Å². The Morgan fingerprint density at radius 3 is 2.47 bits per heavy atom. The Kier molecular flexibility index (Phi) is 2.20. The molecule has 3 atom stereocenters. The zero-order chi connectivity index (χ0) is 12.2. The molecule has 1 aliphatic carbocycles. The summed E-state index contributed by atoms with van der Waals surface area (Å²) in [5.74, 6) is -0.535. The van der Waals surface area contributed by atoms with Gasteiger partial charge in [0.25, 0.3) is 0 Å². The molecule has 17 heavy (non-hydrogen) atoms. The van der Waals surface area contributed by atoms with E-state index in [2.05, 4.69) is 21.2 Å². The van der Waals surface area contributed by atoms with Gasteiger partial charge in [0.2, 0.25) is 11.8 Å². The molecule has 3 nitrogen and oxygen atoms in total. The Morgan fingerprint density at radius 2 is 1.94 bits per heavy atom. The number of amides is 2. The normalized spacial score (nSPS) is 34.5. The zero-order valence-corrected chi connectivity index (χ0v) is 11.0. The molecular formula is C13H12BrNO2. The lowest BCUT2D eigenvalue weighted by Gasteiger charge is -2.19. The highest BCUT2D eigenvalue weighted by Crippen LogP contribution is 2.64. The van der Waals surface area contributed by atoms with Crippen molar-refractivity contribution in [1.82, 2.24) is 5.32 Å². The van der Waals surface area contributed by atoms with Gasteiger partial charge in [-0.05, 0) is 24.1 Å². The standard InChI is InChI=1S/C13H12BrNO2/c1-2-13(7-4-3-5-8(14)6-7)9-10(13)12(17)15-11(9)16/h3-6,9-10H,2H2,1H3,(H,15,16,17)/t9-,10+,13?. The summed E-state index contributed by atoms with van der Waals surface area (Å²) in [4.78, 5) is 23.4. The molecule has 88 valence electrons. The van der Waals surface area contributed by atoms with Gasteiger partial charge in [-0.1, -0.05) is 35.0 Å². The molecule has 1 unspecified atom stereocenters. The number of hydrogen-bond donors (Lipinski definition) is 1. The van der Waals surface area contributed by atoms with E-state index in [1.54, 1.807) is 0 Å². The molecule has 0 bridgehead atoms. The van der Waals surface area contributed by atoms with E-state index in [1.165, 1.54) is 0 Å². The number of halogens is 1. The second kappa shape index (κ2) is 3.42. The van der Waals surface area contributed by atoms with Crippen molar-refractivity contribution in [3.8, 4) is 0 Å². The molecule has 2 fully saturated rings. The van der Waals surface area contributed by atoms with Crippen molar-refractivity contribution in [3.63, 3.8) is 0 Å². The van der Waals surface area contributed by atoms with E-state index in [1.807, 2.05) is 31.2 Å². The SMILES string of the molecule is CCC1(c2cccc(Br)c2)[C@@H]2C(=O)NC(=O)[C@@H]21. The minimum Gasteiger partial charge on any atom is -0.296 e. The molecule has 1 heterocycles. The van der Waals surface area contributed by atoms with Crippen LogP contribution >= 0.6 is 15.9 Å². The number of fused-ring (bicyclic) bond motifs is 1. The molecular weight excluding hydrogens is 282 g/mol. The Bertz CT molecular complexity index is 506. The first-order valence-electron chi connectivity index (χ1n) is 5.72. The molecule has 1 saturated heterocycles. The molecule has 2 amide bonds. The monoisotopic (exact) mass is 293 g/mol. The van der Waals surface area contributed by atoms with Crippen molar-refractivity contribution < 1.29 is 9.59 Å². The van der Waals surface area contributed by atoms with Gasteiger partial charge in [-0.25, -0.2) is 0 Å². The lowest BCUT2D eigenvalue weighted by molar-refractivity contribution is -0.128. The maximum Gasteiger partial charge on any atom is 0.231 e. The van der Waals surface area contributed by atoms with Crippen LogP contribution in [0.1, 0.15) is 18.9 Å². The Balaban J connectivity index is 2.07. The van der Waals surface area contributed by atoms with Crippen LogP contribution in [0, 0.1) is 11.8 Å². The average Bonchev–Trinajstić information content (AvgIpc) is 2.90.